The van der Waals surface area contributed by atoms with E-state index in [2.05, 4.69) is 5.10 Å². The number of hydrogen-bond acceptors (Lipinski definition) is 5. The molecule has 0 aliphatic carbocycles. The van der Waals surface area contributed by atoms with E-state index in [0.717, 1.165) is 5.46 Å². The van der Waals surface area contributed by atoms with Gasteiger partial charge in [-0.1, -0.05) is 0 Å². The second kappa shape index (κ2) is 5.06. The second-order valence-electron chi connectivity index (χ2n) is 7.53. The van der Waals surface area contributed by atoms with Crippen LogP contribution in [-0.2, 0) is 25.3 Å². The van der Waals surface area contributed by atoms with Crippen molar-refractivity contribution in [2.24, 2.45) is 0 Å². The van der Waals surface area contributed by atoms with Crippen molar-refractivity contribution in [2.75, 3.05) is 6.61 Å². The Morgan fingerprint density at radius 2 is 1.82 bits per heavy atom. The topological polar surface area (TPSA) is 54.7 Å². The Morgan fingerprint density at radius 1 is 1.18 bits per heavy atom. The van der Waals surface area contributed by atoms with Crippen LogP contribution in [0, 0.1) is 0 Å². The maximum absolute atomic E-state index is 6.04. The standard InChI is InChI=1S/C15H25BN2O4/c1-13(2)14(3,4)22-16(21-13)11-7-17-18(8-11)9-12-10-19-15(5,6)20-12/h7-8,12H,9-10H2,1-6H3. The summed E-state index contributed by atoms with van der Waals surface area (Å²) in [4.78, 5) is 0. The summed E-state index contributed by atoms with van der Waals surface area (Å²) < 4.78 is 25.3. The summed E-state index contributed by atoms with van der Waals surface area (Å²) in [5.74, 6) is -0.508. The van der Waals surface area contributed by atoms with Crippen molar-refractivity contribution in [2.45, 2.75) is 71.2 Å². The normalized spacial score (nSPS) is 29.2. The average Bonchev–Trinajstić information content (AvgIpc) is 2.99. The third-order valence-corrected chi connectivity index (χ3v) is 4.64. The lowest BCUT2D eigenvalue weighted by atomic mass is 9.82. The van der Waals surface area contributed by atoms with Crippen LogP contribution in [0.5, 0.6) is 0 Å². The first-order valence-corrected chi connectivity index (χ1v) is 7.78. The molecule has 6 nitrogen and oxygen atoms in total. The summed E-state index contributed by atoms with van der Waals surface area (Å²) in [5, 5.41) is 4.39. The summed E-state index contributed by atoms with van der Waals surface area (Å²) in [7, 11) is -0.379. The molecule has 1 unspecified atom stereocenters. The molecule has 3 heterocycles. The number of nitrogens with zero attached hydrogens (tertiary/aromatic N) is 2. The van der Waals surface area contributed by atoms with Gasteiger partial charge >= 0.3 is 7.12 Å². The zero-order valence-corrected chi connectivity index (χ0v) is 14.3. The van der Waals surface area contributed by atoms with Crippen molar-refractivity contribution >= 4 is 12.6 Å². The van der Waals surface area contributed by atoms with Crippen molar-refractivity contribution in [3.63, 3.8) is 0 Å². The van der Waals surface area contributed by atoms with Gasteiger partial charge in [0.2, 0.25) is 0 Å². The molecule has 0 bridgehead atoms. The lowest BCUT2D eigenvalue weighted by Gasteiger charge is -2.32. The first-order valence-electron chi connectivity index (χ1n) is 7.78. The Hall–Kier alpha value is -0.885. The molecule has 1 aromatic rings. The maximum Gasteiger partial charge on any atom is 0.498 e. The maximum atomic E-state index is 6.04. The number of hydrogen-bond donors (Lipinski definition) is 0. The Bertz CT molecular complexity index is 539. The molecule has 0 spiro atoms. The molecule has 1 aromatic heterocycles. The van der Waals surface area contributed by atoms with Crippen LogP contribution in [0.1, 0.15) is 41.5 Å². The van der Waals surface area contributed by atoms with Gasteiger partial charge in [-0.3, -0.25) is 4.68 Å². The average molecular weight is 308 g/mol. The van der Waals surface area contributed by atoms with Crippen LogP contribution in [0.25, 0.3) is 0 Å². The fraction of sp³-hybridized carbons (Fsp3) is 0.800. The van der Waals surface area contributed by atoms with Crippen LogP contribution in [0.2, 0.25) is 0 Å². The molecule has 2 saturated heterocycles. The van der Waals surface area contributed by atoms with Gasteiger partial charge in [0.15, 0.2) is 5.79 Å². The van der Waals surface area contributed by atoms with Gasteiger partial charge in [0.05, 0.1) is 24.4 Å². The molecule has 0 N–H and O–H groups in total. The molecule has 2 fully saturated rings. The lowest BCUT2D eigenvalue weighted by Crippen LogP contribution is -2.41. The molecule has 0 radical (unpaired) electrons. The Morgan fingerprint density at radius 3 is 2.36 bits per heavy atom. The molecule has 0 saturated carbocycles. The molecular formula is C15H25BN2O4. The minimum absolute atomic E-state index is 0.0149. The molecular weight excluding hydrogens is 283 g/mol. The molecule has 122 valence electrons. The van der Waals surface area contributed by atoms with Crippen molar-refractivity contribution < 1.29 is 18.8 Å². The van der Waals surface area contributed by atoms with E-state index in [4.69, 9.17) is 18.8 Å². The van der Waals surface area contributed by atoms with E-state index in [1.165, 1.54) is 0 Å². The van der Waals surface area contributed by atoms with Crippen LogP contribution in [0.15, 0.2) is 12.4 Å². The van der Waals surface area contributed by atoms with Gasteiger partial charge in [-0.15, -0.1) is 0 Å². The van der Waals surface area contributed by atoms with Crippen LogP contribution < -0.4 is 5.46 Å². The van der Waals surface area contributed by atoms with Crippen LogP contribution >= 0.6 is 0 Å². The number of aromatic nitrogens is 2. The van der Waals surface area contributed by atoms with Gasteiger partial charge in [-0.2, -0.15) is 5.10 Å². The summed E-state index contributed by atoms with van der Waals surface area (Å²) >= 11 is 0. The van der Waals surface area contributed by atoms with Crippen molar-refractivity contribution in [3.05, 3.63) is 12.4 Å². The van der Waals surface area contributed by atoms with E-state index in [9.17, 15) is 0 Å². The third-order valence-electron chi connectivity index (χ3n) is 4.64. The Balaban J connectivity index is 1.65. The van der Waals surface area contributed by atoms with Gasteiger partial charge < -0.3 is 18.8 Å². The van der Waals surface area contributed by atoms with Crippen molar-refractivity contribution in [3.8, 4) is 0 Å². The summed E-state index contributed by atoms with van der Waals surface area (Å²) in [6.45, 7) is 13.3. The van der Waals surface area contributed by atoms with Gasteiger partial charge in [-0.25, -0.2) is 0 Å². The monoisotopic (exact) mass is 308 g/mol. The van der Waals surface area contributed by atoms with E-state index in [1.807, 2.05) is 52.4 Å². The predicted molar refractivity (Wildman–Crippen MR) is 82.8 cm³/mol. The van der Waals surface area contributed by atoms with E-state index < -0.39 is 5.79 Å². The fourth-order valence-corrected chi connectivity index (χ4v) is 2.64. The summed E-state index contributed by atoms with van der Waals surface area (Å²) in [5.41, 5.74) is 0.245. The SMILES string of the molecule is CC1(C)OCC(Cn2cc(B3OC(C)(C)C(C)(C)O3)cn2)O1. The highest BCUT2D eigenvalue weighted by molar-refractivity contribution is 6.61. The quantitative estimate of drug-likeness (QED) is 0.789. The minimum Gasteiger partial charge on any atom is -0.399 e. The first-order chi connectivity index (χ1) is 10.1. The number of rotatable bonds is 3. The van der Waals surface area contributed by atoms with E-state index in [0.29, 0.717) is 13.2 Å². The van der Waals surface area contributed by atoms with Gasteiger partial charge in [0.25, 0.3) is 0 Å². The van der Waals surface area contributed by atoms with Crippen molar-refractivity contribution in [1.82, 2.24) is 9.78 Å². The van der Waals surface area contributed by atoms with Gasteiger partial charge in [0.1, 0.15) is 6.10 Å². The Labute approximate surface area is 132 Å². The largest absolute Gasteiger partial charge is 0.498 e. The lowest BCUT2D eigenvalue weighted by molar-refractivity contribution is -0.139. The molecule has 7 heteroatoms. The van der Waals surface area contributed by atoms with E-state index >= 15 is 0 Å². The number of ether oxygens (including phenoxy) is 2. The molecule has 2 aliphatic heterocycles. The summed E-state index contributed by atoms with van der Waals surface area (Å²) in [6.07, 6.45) is 3.76. The highest BCUT2D eigenvalue weighted by atomic mass is 16.7. The van der Waals surface area contributed by atoms with Crippen molar-refractivity contribution in [1.29, 1.82) is 0 Å². The third kappa shape index (κ3) is 2.95. The molecule has 3 rings (SSSR count). The first kappa shape index (κ1) is 16.0. The minimum atomic E-state index is -0.508. The van der Waals surface area contributed by atoms with E-state index in [-0.39, 0.29) is 24.4 Å². The second-order valence-corrected chi connectivity index (χ2v) is 7.53. The highest BCUT2D eigenvalue weighted by Gasteiger charge is 2.52. The zero-order valence-electron chi connectivity index (χ0n) is 14.3. The van der Waals surface area contributed by atoms with E-state index in [1.54, 1.807) is 6.20 Å². The fourth-order valence-electron chi connectivity index (χ4n) is 2.64. The predicted octanol–water partition coefficient (Wildman–Crippen LogP) is 1.33. The highest BCUT2D eigenvalue weighted by Crippen LogP contribution is 2.36. The van der Waals surface area contributed by atoms with Gasteiger partial charge in [-0.05, 0) is 41.5 Å². The molecule has 0 amide bonds. The summed E-state index contributed by atoms with van der Waals surface area (Å²) in [6, 6.07) is 0. The molecule has 2 aliphatic rings. The van der Waals surface area contributed by atoms with Crippen LogP contribution in [0.3, 0.4) is 0 Å². The zero-order chi connectivity index (χ0) is 16.2. The van der Waals surface area contributed by atoms with Crippen LogP contribution in [-0.4, -0.2) is 46.6 Å². The molecule has 0 aromatic carbocycles. The van der Waals surface area contributed by atoms with Gasteiger partial charge in [0, 0.05) is 17.9 Å². The Kier molecular flexibility index (Phi) is 3.68. The molecule has 22 heavy (non-hydrogen) atoms. The smallest absolute Gasteiger partial charge is 0.399 e. The van der Waals surface area contributed by atoms with Crippen LogP contribution in [0.4, 0.5) is 0 Å². The molecule has 1 atom stereocenters.